The van der Waals surface area contributed by atoms with Crippen molar-refractivity contribution in [1.82, 2.24) is 19.8 Å². The van der Waals surface area contributed by atoms with E-state index in [1.54, 1.807) is 11.9 Å². The van der Waals surface area contributed by atoms with E-state index in [2.05, 4.69) is 20.2 Å². The predicted octanol–water partition coefficient (Wildman–Crippen LogP) is -0.487. The third kappa shape index (κ3) is 4.40. The molecule has 0 saturated carbocycles. The van der Waals surface area contributed by atoms with Gasteiger partial charge in [-0.2, -0.15) is 0 Å². The molecular formula is C16H27N5O3. The Morgan fingerprint density at radius 2 is 2.00 bits per heavy atom. The molecule has 0 bridgehead atoms. The number of nitrogens with one attached hydrogen (secondary N) is 1. The van der Waals surface area contributed by atoms with Gasteiger partial charge < -0.3 is 25.3 Å². The minimum atomic E-state index is -0.108. The molecule has 1 aliphatic rings. The lowest BCUT2D eigenvalue weighted by atomic mass is 9.96. The number of nitrogens with zero attached hydrogens (tertiary/aromatic N) is 4. The Kier molecular flexibility index (Phi) is 6.89. The number of amides is 1. The van der Waals surface area contributed by atoms with E-state index in [1.807, 2.05) is 6.92 Å². The lowest BCUT2D eigenvalue weighted by Crippen LogP contribution is -2.36. The van der Waals surface area contributed by atoms with Crippen molar-refractivity contribution in [3.8, 4) is 0 Å². The maximum absolute atomic E-state index is 12.6. The van der Waals surface area contributed by atoms with Gasteiger partial charge >= 0.3 is 0 Å². The highest BCUT2D eigenvalue weighted by molar-refractivity contribution is 5.93. The van der Waals surface area contributed by atoms with Crippen LogP contribution in [0.3, 0.4) is 0 Å². The summed E-state index contributed by atoms with van der Waals surface area (Å²) in [5, 5.41) is 21.6. The number of carbonyl (C=O) groups is 1. The van der Waals surface area contributed by atoms with Gasteiger partial charge in [0.15, 0.2) is 0 Å². The first-order valence-corrected chi connectivity index (χ1v) is 8.36. The van der Waals surface area contributed by atoms with Crippen LogP contribution in [0, 0.1) is 11.8 Å². The van der Waals surface area contributed by atoms with E-state index in [4.69, 9.17) is 5.11 Å². The van der Waals surface area contributed by atoms with Crippen LogP contribution in [-0.4, -0.2) is 88.9 Å². The summed E-state index contributed by atoms with van der Waals surface area (Å²) in [4.78, 5) is 24.7. The van der Waals surface area contributed by atoms with Crippen LogP contribution in [0.15, 0.2) is 12.4 Å². The molecule has 1 fully saturated rings. The van der Waals surface area contributed by atoms with Gasteiger partial charge in [-0.15, -0.1) is 0 Å². The van der Waals surface area contributed by atoms with Gasteiger partial charge in [0.1, 0.15) is 0 Å². The number of hydrogen-bond donors (Lipinski definition) is 3. The van der Waals surface area contributed by atoms with Crippen LogP contribution >= 0.6 is 0 Å². The quantitative estimate of drug-likeness (QED) is 0.588. The van der Waals surface area contributed by atoms with Crippen molar-refractivity contribution in [2.75, 3.05) is 58.3 Å². The number of aliphatic hydroxyl groups excluding tert-OH is 2. The maximum Gasteiger partial charge on any atom is 0.257 e. The van der Waals surface area contributed by atoms with Crippen molar-refractivity contribution in [3.63, 3.8) is 0 Å². The summed E-state index contributed by atoms with van der Waals surface area (Å²) in [5.41, 5.74) is 0.453. The fourth-order valence-corrected chi connectivity index (χ4v) is 3.12. The first-order chi connectivity index (χ1) is 11.6. The molecule has 24 heavy (non-hydrogen) atoms. The van der Waals surface area contributed by atoms with Crippen molar-refractivity contribution in [1.29, 1.82) is 0 Å². The van der Waals surface area contributed by atoms with E-state index >= 15 is 0 Å². The molecule has 3 N–H and O–H groups in total. The van der Waals surface area contributed by atoms with Gasteiger partial charge in [-0.1, -0.05) is 6.92 Å². The number of likely N-dealkylation sites (N-methyl/N-ethyl adjacent to an activating group) is 1. The molecule has 0 unspecified atom stereocenters. The minimum Gasteiger partial charge on any atom is -0.396 e. The van der Waals surface area contributed by atoms with Gasteiger partial charge in [-0.25, -0.2) is 9.97 Å². The highest BCUT2D eigenvalue weighted by atomic mass is 16.3. The molecular weight excluding hydrogens is 310 g/mol. The van der Waals surface area contributed by atoms with Gasteiger partial charge in [0.25, 0.3) is 5.91 Å². The molecule has 2 rings (SSSR count). The first-order valence-electron chi connectivity index (χ1n) is 8.36. The number of aliphatic hydroxyl groups is 2. The molecule has 1 saturated heterocycles. The van der Waals surface area contributed by atoms with Crippen molar-refractivity contribution in [2.24, 2.45) is 11.8 Å². The Hall–Kier alpha value is -1.77. The molecule has 1 amide bonds. The monoisotopic (exact) mass is 337 g/mol. The molecule has 134 valence electrons. The third-order valence-corrected chi connectivity index (χ3v) is 4.58. The average Bonchev–Trinajstić information content (AvgIpc) is 3.03. The van der Waals surface area contributed by atoms with E-state index in [1.165, 1.54) is 12.4 Å². The summed E-state index contributed by atoms with van der Waals surface area (Å²) < 4.78 is 0. The molecule has 0 spiro atoms. The Morgan fingerprint density at radius 1 is 1.33 bits per heavy atom. The second kappa shape index (κ2) is 8.91. The van der Waals surface area contributed by atoms with Crippen LogP contribution in [0.2, 0.25) is 0 Å². The predicted molar refractivity (Wildman–Crippen MR) is 90.7 cm³/mol. The summed E-state index contributed by atoms with van der Waals surface area (Å²) >= 11 is 0. The van der Waals surface area contributed by atoms with E-state index in [0.29, 0.717) is 31.1 Å². The van der Waals surface area contributed by atoms with Gasteiger partial charge in [-0.3, -0.25) is 4.79 Å². The molecule has 8 heteroatoms. The largest absolute Gasteiger partial charge is 0.396 e. The zero-order chi connectivity index (χ0) is 17.5. The van der Waals surface area contributed by atoms with E-state index in [-0.39, 0.29) is 31.0 Å². The third-order valence-electron chi connectivity index (χ3n) is 4.58. The minimum absolute atomic E-state index is 0.0548. The Morgan fingerprint density at radius 3 is 2.54 bits per heavy atom. The SMILES string of the molecule is CCN(CCO)C[C@@H]1CN(C(=O)c2cnc(NC)nc2)C[C@@H]1CO. The van der Waals surface area contributed by atoms with Crippen LogP contribution in [0.4, 0.5) is 5.95 Å². The van der Waals surface area contributed by atoms with E-state index in [0.717, 1.165) is 13.1 Å². The summed E-state index contributed by atoms with van der Waals surface area (Å²) in [6, 6.07) is 0. The summed E-state index contributed by atoms with van der Waals surface area (Å²) in [5.74, 6) is 0.618. The van der Waals surface area contributed by atoms with Gasteiger partial charge in [0.05, 0.1) is 12.2 Å². The Balaban J connectivity index is 2.02. The van der Waals surface area contributed by atoms with E-state index in [9.17, 15) is 9.90 Å². The smallest absolute Gasteiger partial charge is 0.257 e. The number of rotatable bonds is 8. The number of carbonyl (C=O) groups excluding carboxylic acids is 1. The Bertz CT molecular complexity index is 525. The highest BCUT2D eigenvalue weighted by Crippen LogP contribution is 2.25. The van der Waals surface area contributed by atoms with Crippen LogP contribution in [0.5, 0.6) is 0 Å². The number of likely N-dealkylation sites (tertiary alicyclic amines) is 1. The zero-order valence-corrected chi connectivity index (χ0v) is 14.4. The normalized spacial score (nSPS) is 20.6. The van der Waals surface area contributed by atoms with Crippen molar-refractivity contribution < 1.29 is 15.0 Å². The van der Waals surface area contributed by atoms with Crippen LogP contribution in [0.25, 0.3) is 0 Å². The van der Waals surface area contributed by atoms with Gasteiger partial charge in [-0.05, 0) is 12.5 Å². The topological polar surface area (TPSA) is 102 Å². The van der Waals surface area contributed by atoms with Crippen molar-refractivity contribution in [2.45, 2.75) is 6.92 Å². The Labute approximate surface area is 142 Å². The number of anilines is 1. The summed E-state index contributed by atoms with van der Waals surface area (Å²) in [6.07, 6.45) is 3.04. The van der Waals surface area contributed by atoms with Crippen molar-refractivity contribution in [3.05, 3.63) is 18.0 Å². The van der Waals surface area contributed by atoms with E-state index < -0.39 is 0 Å². The maximum atomic E-state index is 12.6. The first kappa shape index (κ1) is 18.6. The lowest BCUT2D eigenvalue weighted by molar-refractivity contribution is 0.0777. The van der Waals surface area contributed by atoms with Gasteiger partial charge in [0, 0.05) is 58.1 Å². The van der Waals surface area contributed by atoms with Crippen LogP contribution in [-0.2, 0) is 0 Å². The van der Waals surface area contributed by atoms with Crippen LogP contribution in [0.1, 0.15) is 17.3 Å². The second-order valence-electron chi connectivity index (χ2n) is 6.08. The lowest BCUT2D eigenvalue weighted by Gasteiger charge is -2.25. The highest BCUT2D eigenvalue weighted by Gasteiger charge is 2.36. The molecule has 0 aliphatic carbocycles. The molecule has 2 heterocycles. The molecule has 1 aromatic heterocycles. The molecule has 1 aliphatic heterocycles. The van der Waals surface area contributed by atoms with Crippen LogP contribution < -0.4 is 5.32 Å². The molecule has 2 atom stereocenters. The molecule has 0 aromatic carbocycles. The molecule has 8 nitrogen and oxygen atoms in total. The summed E-state index contributed by atoms with van der Waals surface area (Å²) in [7, 11) is 1.72. The van der Waals surface area contributed by atoms with Gasteiger partial charge in [0.2, 0.25) is 5.95 Å². The molecule has 0 radical (unpaired) electrons. The van der Waals surface area contributed by atoms with Crippen molar-refractivity contribution >= 4 is 11.9 Å². The number of hydrogen-bond acceptors (Lipinski definition) is 7. The zero-order valence-electron chi connectivity index (χ0n) is 14.4. The second-order valence-corrected chi connectivity index (χ2v) is 6.08. The number of aromatic nitrogens is 2. The summed E-state index contributed by atoms with van der Waals surface area (Å²) in [6.45, 7) is 5.55. The standard InChI is InChI=1S/C16H27N5O3/c1-3-20(4-5-22)8-13-9-21(10-14(13)11-23)15(24)12-6-18-16(17-2)19-7-12/h6-7,13-14,22-23H,3-5,8-11H2,1-2H3,(H,17,18,19)/t13-,14-/m1/s1. The fraction of sp³-hybridized carbons (Fsp3) is 0.688. The molecule has 1 aromatic rings. The average molecular weight is 337 g/mol. The fourth-order valence-electron chi connectivity index (χ4n) is 3.12.